The highest BCUT2D eigenvalue weighted by molar-refractivity contribution is 5.77. The van der Waals surface area contributed by atoms with E-state index in [0.29, 0.717) is 22.4 Å². The topological polar surface area (TPSA) is 93.3 Å². The first-order valence-corrected chi connectivity index (χ1v) is 11.4. The fourth-order valence-electron chi connectivity index (χ4n) is 3.36. The summed E-state index contributed by atoms with van der Waals surface area (Å²) in [6.45, 7) is 12.6. The maximum absolute atomic E-state index is 12.1. The van der Waals surface area contributed by atoms with Gasteiger partial charge in [-0.25, -0.2) is 4.98 Å². The molecule has 3 aromatic rings. The summed E-state index contributed by atoms with van der Waals surface area (Å²) in [7, 11) is 2.17. The van der Waals surface area contributed by atoms with Crippen molar-refractivity contribution in [1.82, 2.24) is 20.2 Å². The van der Waals surface area contributed by atoms with Gasteiger partial charge in [0.15, 0.2) is 0 Å². The summed E-state index contributed by atoms with van der Waals surface area (Å²) in [5.41, 5.74) is 2.08. The molecule has 0 saturated carbocycles. The summed E-state index contributed by atoms with van der Waals surface area (Å²) in [5.74, 6) is 0.707. The standard InChI is InChI=1S/C17H17N3O2.C6H14N2.C2H6/c1-10-7-8-14(15(21)9-10)18-11(2)16-19-13-6-4-3-5-12(13)17(22)20-16;1-8-5-2-3-7-4-6-8;1-2/h3-9,11,18,21H,1-2H3,(H,19,20,22);7H,2-6H2,1H3;1-2H3/t11-;;/m0../s1. The van der Waals surface area contributed by atoms with Gasteiger partial charge in [0, 0.05) is 13.1 Å². The number of aromatic amines is 1. The Bertz CT molecular complexity index is 1030. The van der Waals surface area contributed by atoms with Gasteiger partial charge in [-0.05, 0) is 70.2 Å². The van der Waals surface area contributed by atoms with E-state index in [1.54, 1.807) is 18.2 Å². The molecular weight excluding hydrogens is 402 g/mol. The van der Waals surface area contributed by atoms with Gasteiger partial charge >= 0.3 is 0 Å². The van der Waals surface area contributed by atoms with E-state index >= 15 is 0 Å². The maximum atomic E-state index is 12.1. The molecule has 1 atom stereocenters. The molecule has 4 rings (SSSR count). The van der Waals surface area contributed by atoms with Gasteiger partial charge in [-0.3, -0.25) is 4.79 Å². The molecule has 7 heteroatoms. The largest absolute Gasteiger partial charge is 0.506 e. The van der Waals surface area contributed by atoms with Gasteiger partial charge in [-0.1, -0.05) is 32.0 Å². The third kappa shape index (κ3) is 7.35. The molecular formula is C25H37N5O2. The number of rotatable bonds is 3. The average molecular weight is 440 g/mol. The molecule has 0 radical (unpaired) electrons. The van der Waals surface area contributed by atoms with Crippen molar-refractivity contribution < 1.29 is 5.11 Å². The zero-order valence-corrected chi connectivity index (χ0v) is 19.9. The molecule has 0 bridgehead atoms. The number of aryl methyl sites for hydroxylation is 1. The molecule has 0 spiro atoms. The highest BCUT2D eigenvalue weighted by Gasteiger charge is 2.12. The van der Waals surface area contributed by atoms with Crippen molar-refractivity contribution in [2.75, 3.05) is 38.5 Å². The number of fused-ring (bicyclic) bond motifs is 1. The van der Waals surface area contributed by atoms with E-state index in [9.17, 15) is 9.90 Å². The Kier molecular flexibility index (Phi) is 10.2. The number of benzene rings is 2. The van der Waals surface area contributed by atoms with E-state index in [1.165, 1.54) is 26.1 Å². The number of aromatic nitrogens is 2. The first-order valence-electron chi connectivity index (χ1n) is 11.4. The normalized spacial score (nSPS) is 14.9. The van der Waals surface area contributed by atoms with Crippen molar-refractivity contribution in [3.8, 4) is 5.75 Å². The maximum Gasteiger partial charge on any atom is 0.258 e. The lowest BCUT2D eigenvalue weighted by Gasteiger charge is -2.16. The lowest BCUT2D eigenvalue weighted by molar-refractivity contribution is 0.358. The molecule has 0 aliphatic carbocycles. The number of hydrogen-bond acceptors (Lipinski definition) is 6. The van der Waals surface area contributed by atoms with E-state index in [2.05, 4.69) is 32.5 Å². The lowest BCUT2D eigenvalue weighted by atomic mass is 10.2. The van der Waals surface area contributed by atoms with Crippen LogP contribution in [0.3, 0.4) is 0 Å². The van der Waals surface area contributed by atoms with Gasteiger partial charge < -0.3 is 25.6 Å². The van der Waals surface area contributed by atoms with Crippen LogP contribution in [0.2, 0.25) is 0 Å². The predicted molar refractivity (Wildman–Crippen MR) is 134 cm³/mol. The van der Waals surface area contributed by atoms with Gasteiger partial charge in [0.2, 0.25) is 0 Å². The van der Waals surface area contributed by atoms with Gasteiger partial charge in [0.1, 0.15) is 11.6 Å². The molecule has 2 heterocycles. The van der Waals surface area contributed by atoms with Gasteiger partial charge in [0.25, 0.3) is 5.56 Å². The summed E-state index contributed by atoms with van der Waals surface area (Å²) in [5, 5.41) is 17.0. The molecule has 1 fully saturated rings. The quantitative estimate of drug-likeness (QED) is 0.460. The highest BCUT2D eigenvalue weighted by atomic mass is 16.3. The van der Waals surface area contributed by atoms with E-state index in [0.717, 1.165) is 12.1 Å². The van der Waals surface area contributed by atoms with Crippen LogP contribution in [-0.4, -0.2) is 53.2 Å². The van der Waals surface area contributed by atoms with E-state index in [4.69, 9.17) is 0 Å². The third-order valence-electron chi connectivity index (χ3n) is 5.13. The number of nitrogens with zero attached hydrogens (tertiary/aromatic N) is 2. The Balaban J connectivity index is 0.000000304. The van der Waals surface area contributed by atoms with E-state index in [-0.39, 0.29) is 17.4 Å². The molecule has 7 nitrogen and oxygen atoms in total. The van der Waals surface area contributed by atoms with Gasteiger partial charge in [-0.15, -0.1) is 0 Å². The average Bonchev–Trinajstić information content (AvgIpc) is 3.05. The number of nitrogens with one attached hydrogen (secondary N) is 3. The number of likely N-dealkylation sites (N-methyl/N-ethyl adjacent to an activating group) is 1. The molecule has 1 aromatic heterocycles. The fraction of sp³-hybridized carbons (Fsp3) is 0.440. The van der Waals surface area contributed by atoms with E-state index < -0.39 is 0 Å². The van der Waals surface area contributed by atoms with Gasteiger partial charge in [-0.2, -0.15) is 0 Å². The summed E-state index contributed by atoms with van der Waals surface area (Å²) < 4.78 is 0. The van der Waals surface area contributed by atoms with Crippen LogP contribution in [0.5, 0.6) is 5.75 Å². The summed E-state index contributed by atoms with van der Waals surface area (Å²) in [6.07, 6.45) is 1.30. The molecule has 1 aliphatic heterocycles. The number of hydrogen-bond donors (Lipinski definition) is 4. The molecule has 1 saturated heterocycles. The van der Waals surface area contributed by atoms with Crippen molar-refractivity contribution >= 4 is 16.6 Å². The Morgan fingerprint density at radius 2 is 1.88 bits per heavy atom. The van der Waals surface area contributed by atoms with Crippen molar-refractivity contribution in [3.63, 3.8) is 0 Å². The van der Waals surface area contributed by atoms with Crippen molar-refractivity contribution in [3.05, 3.63) is 64.2 Å². The SMILES string of the molecule is CC.CN1CCCNCC1.Cc1ccc(N[C@@H](C)c2nc3ccccc3c(=O)[nH]2)c(O)c1. The number of anilines is 1. The molecule has 1 aliphatic rings. The molecule has 174 valence electrons. The molecule has 0 unspecified atom stereocenters. The van der Waals surface area contributed by atoms with Crippen LogP contribution < -0.4 is 16.2 Å². The van der Waals surface area contributed by atoms with Crippen molar-refractivity contribution in [2.45, 2.75) is 40.2 Å². The predicted octanol–water partition coefficient (Wildman–Crippen LogP) is 4.05. The zero-order valence-electron chi connectivity index (χ0n) is 19.9. The lowest BCUT2D eigenvalue weighted by Crippen LogP contribution is -2.23. The Hall–Kier alpha value is -2.90. The molecule has 32 heavy (non-hydrogen) atoms. The van der Waals surface area contributed by atoms with Crippen LogP contribution in [0.4, 0.5) is 5.69 Å². The van der Waals surface area contributed by atoms with E-state index in [1.807, 2.05) is 52.0 Å². The molecule has 2 aromatic carbocycles. The number of phenols is 1. The summed E-state index contributed by atoms with van der Waals surface area (Å²) >= 11 is 0. The van der Waals surface area contributed by atoms with Crippen LogP contribution in [-0.2, 0) is 0 Å². The van der Waals surface area contributed by atoms with Crippen LogP contribution >= 0.6 is 0 Å². The first kappa shape index (κ1) is 25.4. The van der Waals surface area contributed by atoms with Gasteiger partial charge in [0.05, 0.1) is 22.6 Å². The number of aromatic hydroxyl groups is 1. The van der Waals surface area contributed by atoms with Crippen molar-refractivity contribution in [2.24, 2.45) is 0 Å². The highest BCUT2D eigenvalue weighted by Crippen LogP contribution is 2.27. The minimum atomic E-state index is -0.245. The summed E-state index contributed by atoms with van der Waals surface area (Å²) in [6, 6.07) is 12.4. The first-order chi connectivity index (χ1) is 15.4. The molecule has 4 N–H and O–H groups in total. The number of para-hydroxylation sites is 1. The Morgan fingerprint density at radius 3 is 2.62 bits per heavy atom. The number of phenolic OH excluding ortho intramolecular Hbond substituents is 1. The Morgan fingerprint density at radius 1 is 1.12 bits per heavy atom. The third-order valence-corrected chi connectivity index (χ3v) is 5.13. The fourth-order valence-corrected chi connectivity index (χ4v) is 3.36. The second-order valence-corrected chi connectivity index (χ2v) is 7.76. The van der Waals surface area contributed by atoms with Crippen LogP contribution in [0.25, 0.3) is 10.9 Å². The second kappa shape index (κ2) is 12.8. The Labute approximate surface area is 190 Å². The molecule has 0 amide bonds. The second-order valence-electron chi connectivity index (χ2n) is 7.76. The number of H-pyrrole nitrogens is 1. The smallest absolute Gasteiger partial charge is 0.258 e. The zero-order chi connectivity index (χ0) is 23.5. The van der Waals surface area contributed by atoms with Crippen LogP contribution in [0.15, 0.2) is 47.3 Å². The van der Waals surface area contributed by atoms with Crippen molar-refractivity contribution in [1.29, 1.82) is 0 Å². The monoisotopic (exact) mass is 439 g/mol. The minimum Gasteiger partial charge on any atom is -0.506 e. The minimum absolute atomic E-state index is 0.164. The van der Waals surface area contributed by atoms with Crippen LogP contribution in [0, 0.1) is 6.92 Å². The summed E-state index contributed by atoms with van der Waals surface area (Å²) in [4.78, 5) is 21.7. The van der Waals surface area contributed by atoms with Crippen LogP contribution in [0.1, 0.15) is 44.6 Å².